The SMILES string of the molecule is O=C(Nc1c(Cl)cccc1Cl)c1cncnc1NCCCCO. The summed E-state index contributed by atoms with van der Waals surface area (Å²) in [5.41, 5.74) is 0.628. The first-order valence-electron chi connectivity index (χ1n) is 7.03. The van der Waals surface area contributed by atoms with Gasteiger partial charge < -0.3 is 15.7 Å². The van der Waals surface area contributed by atoms with E-state index < -0.39 is 5.91 Å². The molecule has 122 valence electrons. The van der Waals surface area contributed by atoms with Crippen molar-refractivity contribution in [3.05, 3.63) is 46.3 Å². The summed E-state index contributed by atoms with van der Waals surface area (Å²) in [4.78, 5) is 20.4. The van der Waals surface area contributed by atoms with Gasteiger partial charge in [-0.3, -0.25) is 4.79 Å². The Balaban J connectivity index is 2.13. The van der Waals surface area contributed by atoms with Crippen molar-refractivity contribution in [2.24, 2.45) is 0 Å². The number of nitrogens with zero attached hydrogens (tertiary/aromatic N) is 2. The lowest BCUT2D eigenvalue weighted by Gasteiger charge is -2.12. The van der Waals surface area contributed by atoms with Crippen molar-refractivity contribution < 1.29 is 9.90 Å². The van der Waals surface area contributed by atoms with E-state index in [9.17, 15) is 4.79 Å². The predicted molar refractivity (Wildman–Crippen MR) is 91.3 cm³/mol. The Labute approximate surface area is 143 Å². The topological polar surface area (TPSA) is 87.1 Å². The van der Waals surface area contributed by atoms with Crippen LogP contribution in [0.5, 0.6) is 0 Å². The highest BCUT2D eigenvalue weighted by molar-refractivity contribution is 6.40. The molecule has 0 saturated heterocycles. The molecule has 0 spiro atoms. The highest BCUT2D eigenvalue weighted by Gasteiger charge is 2.16. The average molecular weight is 355 g/mol. The van der Waals surface area contributed by atoms with Gasteiger partial charge in [-0.1, -0.05) is 29.3 Å². The molecular formula is C15H16Cl2N4O2. The number of hydrogen-bond donors (Lipinski definition) is 3. The van der Waals surface area contributed by atoms with Crippen LogP contribution in [0.15, 0.2) is 30.7 Å². The van der Waals surface area contributed by atoms with Crippen molar-refractivity contribution in [1.82, 2.24) is 9.97 Å². The molecule has 0 bridgehead atoms. The number of para-hydroxylation sites is 1. The molecule has 6 nitrogen and oxygen atoms in total. The molecule has 8 heteroatoms. The minimum atomic E-state index is -0.412. The number of carbonyl (C=O) groups is 1. The Hall–Kier alpha value is -1.89. The number of halogens is 2. The van der Waals surface area contributed by atoms with Gasteiger partial charge in [0.25, 0.3) is 5.91 Å². The minimum absolute atomic E-state index is 0.129. The second-order valence-corrected chi connectivity index (χ2v) is 5.51. The number of carbonyl (C=O) groups excluding carboxylic acids is 1. The van der Waals surface area contributed by atoms with Crippen LogP contribution in [-0.4, -0.2) is 34.1 Å². The molecule has 2 aromatic rings. The summed E-state index contributed by atoms with van der Waals surface area (Å²) < 4.78 is 0. The number of aromatic nitrogens is 2. The van der Waals surface area contributed by atoms with Crippen LogP contribution in [0.25, 0.3) is 0 Å². The number of benzene rings is 1. The zero-order valence-corrected chi connectivity index (χ0v) is 13.7. The van der Waals surface area contributed by atoms with E-state index in [0.717, 1.165) is 6.42 Å². The summed E-state index contributed by atoms with van der Waals surface area (Å²) in [6, 6.07) is 4.97. The van der Waals surface area contributed by atoms with Crippen LogP contribution in [0, 0.1) is 0 Å². The summed E-state index contributed by atoms with van der Waals surface area (Å²) in [5, 5.41) is 15.2. The Morgan fingerprint density at radius 1 is 1.22 bits per heavy atom. The molecule has 0 radical (unpaired) electrons. The van der Waals surface area contributed by atoms with Crippen molar-refractivity contribution in [1.29, 1.82) is 0 Å². The first-order valence-corrected chi connectivity index (χ1v) is 7.79. The summed E-state index contributed by atoms with van der Waals surface area (Å²) in [6.07, 6.45) is 4.21. The van der Waals surface area contributed by atoms with E-state index in [1.54, 1.807) is 18.2 Å². The normalized spacial score (nSPS) is 10.4. The van der Waals surface area contributed by atoms with E-state index in [4.69, 9.17) is 28.3 Å². The van der Waals surface area contributed by atoms with Crippen LogP contribution >= 0.6 is 23.2 Å². The molecule has 0 aliphatic rings. The highest BCUT2D eigenvalue weighted by Crippen LogP contribution is 2.30. The number of rotatable bonds is 7. The Morgan fingerprint density at radius 2 is 1.96 bits per heavy atom. The Morgan fingerprint density at radius 3 is 2.65 bits per heavy atom. The van der Waals surface area contributed by atoms with E-state index in [2.05, 4.69) is 20.6 Å². The fraction of sp³-hybridized carbons (Fsp3) is 0.267. The Bertz CT molecular complexity index is 662. The standard InChI is InChI=1S/C15H16Cl2N4O2/c16-11-4-3-5-12(17)13(11)21-15(23)10-8-18-9-20-14(10)19-6-1-2-7-22/h3-5,8-9,22H,1-2,6-7H2,(H,21,23)(H,18,19,20). The number of nitrogens with one attached hydrogen (secondary N) is 2. The van der Waals surface area contributed by atoms with Gasteiger partial charge in [-0.15, -0.1) is 0 Å². The maximum absolute atomic E-state index is 12.4. The second-order valence-electron chi connectivity index (χ2n) is 4.69. The average Bonchev–Trinajstić information content (AvgIpc) is 2.55. The lowest BCUT2D eigenvalue weighted by molar-refractivity contribution is 0.102. The zero-order chi connectivity index (χ0) is 16.7. The quantitative estimate of drug-likeness (QED) is 0.664. The minimum Gasteiger partial charge on any atom is -0.396 e. The Kier molecular flexibility index (Phi) is 6.58. The second kappa shape index (κ2) is 8.67. The zero-order valence-electron chi connectivity index (χ0n) is 12.2. The molecule has 0 atom stereocenters. The molecule has 2 rings (SSSR count). The number of anilines is 2. The molecule has 3 N–H and O–H groups in total. The van der Waals surface area contributed by atoms with Gasteiger partial charge in [0.1, 0.15) is 17.7 Å². The van der Waals surface area contributed by atoms with E-state index in [1.807, 2.05) is 0 Å². The van der Waals surface area contributed by atoms with Crippen LogP contribution in [0.4, 0.5) is 11.5 Å². The van der Waals surface area contributed by atoms with Crippen LogP contribution in [0.2, 0.25) is 10.0 Å². The van der Waals surface area contributed by atoms with Crippen LogP contribution < -0.4 is 10.6 Å². The van der Waals surface area contributed by atoms with Crippen molar-refractivity contribution in [3.8, 4) is 0 Å². The van der Waals surface area contributed by atoms with Gasteiger partial charge in [-0.05, 0) is 25.0 Å². The van der Waals surface area contributed by atoms with Crippen molar-refractivity contribution in [3.63, 3.8) is 0 Å². The smallest absolute Gasteiger partial charge is 0.261 e. The summed E-state index contributed by atoms with van der Waals surface area (Å²) >= 11 is 12.1. The van der Waals surface area contributed by atoms with Gasteiger partial charge in [0.15, 0.2) is 0 Å². The van der Waals surface area contributed by atoms with E-state index in [0.29, 0.717) is 34.5 Å². The van der Waals surface area contributed by atoms with E-state index >= 15 is 0 Å². The highest BCUT2D eigenvalue weighted by atomic mass is 35.5. The number of amides is 1. The van der Waals surface area contributed by atoms with Gasteiger partial charge in [0.2, 0.25) is 0 Å². The maximum atomic E-state index is 12.4. The van der Waals surface area contributed by atoms with Crippen molar-refractivity contribution in [2.45, 2.75) is 12.8 Å². The van der Waals surface area contributed by atoms with Gasteiger partial charge in [-0.2, -0.15) is 0 Å². The molecule has 0 aliphatic heterocycles. The molecule has 1 heterocycles. The van der Waals surface area contributed by atoms with Gasteiger partial charge >= 0.3 is 0 Å². The fourth-order valence-corrected chi connectivity index (χ4v) is 2.37. The first kappa shape index (κ1) is 17.5. The molecule has 1 aromatic carbocycles. The largest absolute Gasteiger partial charge is 0.396 e. The molecule has 0 unspecified atom stereocenters. The third kappa shape index (κ3) is 4.79. The maximum Gasteiger partial charge on any atom is 0.261 e. The first-order chi connectivity index (χ1) is 11.1. The van der Waals surface area contributed by atoms with Crippen LogP contribution in [0.3, 0.4) is 0 Å². The molecule has 0 aliphatic carbocycles. The summed E-state index contributed by atoms with van der Waals surface area (Å²) in [6.45, 7) is 0.717. The van der Waals surface area contributed by atoms with Gasteiger partial charge in [0.05, 0.1) is 15.7 Å². The molecule has 1 amide bonds. The lowest BCUT2D eigenvalue weighted by atomic mass is 10.2. The molecular weight excluding hydrogens is 339 g/mol. The molecule has 0 saturated carbocycles. The van der Waals surface area contributed by atoms with Crippen LogP contribution in [0.1, 0.15) is 23.2 Å². The van der Waals surface area contributed by atoms with Crippen molar-refractivity contribution >= 4 is 40.6 Å². The predicted octanol–water partition coefficient (Wildman–Crippen LogP) is 3.22. The number of hydrogen-bond acceptors (Lipinski definition) is 5. The summed E-state index contributed by atoms with van der Waals surface area (Å²) in [5.74, 6) is 0.00359. The third-order valence-corrected chi connectivity index (χ3v) is 3.67. The summed E-state index contributed by atoms with van der Waals surface area (Å²) in [7, 11) is 0. The third-order valence-electron chi connectivity index (χ3n) is 3.04. The van der Waals surface area contributed by atoms with E-state index in [-0.39, 0.29) is 12.2 Å². The monoisotopic (exact) mass is 354 g/mol. The van der Waals surface area contributed by atoms with Gasteiger partial charge in [0, 0.05) is 19.3 Å². The molecule has 23 heavy (non-hydrogen) atoms. The van der Waals surface area contributed by atoms with Crippen molar-refractivity contribution in [2.75, 3.05) is 23.8 Å². The number of aliphatic hydroxyl groups is 1. The molecule has 0 fully saturated rings. The number of unbranched alkanes of at least 4 members (excludes halogenated alkanes) is 1. The lowest BCUT2D eigenvalue weighted by Crippen LogP contribution is -2.17. The van der Waals surface area contributed by atoms with Gasteiger partial charge in [-0.25, -0.2) is 9.97 Å². The number of aliphatic hydroxyl groups excluding tert-OH is 1. The van der Waals surface area contributed by atoms with Crippen LogP contribution in [-0.2, 0) is 0 Å². The molecule has 1 aromatic heterocycles. The fourth-order valence-electron chi connectivity index (χ4n) is 1.88. The van der Waals surface area contributed by atoms with E-state index in [1.165, 1.54) is 12.5 Å².